The molecule has 0 aromatic carbocycles. The lowest BCUT2D eigenvalue weighted by molar-refractivity contribution is -0.280. The van der Waals surface area contributed by atoms with Crippen LogP contribution in [-0.4, -0.2) is 33.6 Å². The third-order valence-corrected chi connectivity index (χ3v) is 14.5. The van der Waals surface area contributed by atoms with Gasteiger partial charge in [0.1, 0.15) is 0 Å². The van der Waals surface area contributed by atoms with Gasteiger partial charge >= 0.3 is 0 Å². The molecule has 0 bridgehead atoms. The van der Waals surface area contributed by atoms with Crippen LogP contribution in [0.2, 0.25) is 0 Å². The van der Waals surface area contributed by atoms with Crippen molar-refractivity contribution in [1.29, 1.82) is 0 Å². The zero-order valence-electron chi connectivity index (χ0n) is 25.4. The van der Waals surface area contributed by atoms with Crippen LogP contribution < -0.4 is 0 Å². The van der Waals surface area contributed by atoms with Crippen molar-refractivity contribution in [1.82, 2.24) is 0 Å². The van der Waals surface area contributed by atoms with Crippen molar-refractivity contribution in [2.45, 2.75) is 138 Å². The van der Waals surface area contributed by atoms with E-state index >= 15 is 0 Å². The van der Waals surface area contributed by atoms with Crippen molar-refractivity contribution < 1.29 is 15.3 Å². The Labute approximate surface area is 228 Å². The van der Waals surface area contributed by atoms with E-state index in [0.29, 0.717) is 23.7 Å². The molecule has 3 nitrogen and oxygen atoms in total. The summed E-state index contributed by atoms with van der Waals surface area (Å²) in [6, 6.07) is 0. The molecule has 3 heteroatoms. The Hall–Kier alpha value is -0.120. The first-order chi connectivity index (χ1) is 17.3. The van der Waals surface area contributed by atoms with Crippen LogP contribution in [0.5, 0.6) is 0 Å². The molecule has 14 atom stereocenters. The van der Waals surface area contributed by atoms with Crippen molar-refractivity contribution in [3.05, 3.63) is 0 Å². The number of hydrogen-bond donors (Lipinski definition) is 3. The molecule has 0 aromatic heterocycles. The highest BCUT2D eigenvalue weighted by Gasteiger charge is 2.70. The smallest absolute Gasteiger partial charge is 0.0656 e. The van der Waals surface area contributed by atoms with Crippen molar-refractivity contribution in [2.75, 3.05) is 0 Å². The molecule has 5 saturated carbocycles. The highest BCUT2D eigenvalue weighted by molar-refractivity contribution is 5.18. The van der Waals surface area contributed by atoms with Crippen LogP contribution >= 0.6 is 0 Å². The predicted octanol–water partition coefficient (Wildman–Crippen LogP) is 7.32. The van der Waals surface area contributed by atoms with Gasteiger partial charge in [-0.2, -0.15) is 0 Å². The lowest BCUT2D eigenvalue weighted by Gasteiger charge is -2.72. The first-order valence-corrected chi connectivity index (χ1v) is 16.3. The van der Waals surface area contributed by atoms with Gasteiger partial charge in [-0.15, -0.1) is 0 Å². The molecule has 37 heavy (non-hydrogen) atoms. The Morgan fingerprint density at radius 3 is 2.08 bits per heavy atom. The molecule has 5 aliphatic carbocycles. The van der Waals surface area contributed by atoms with E-state index in [4.69, 9.17) is 0 Å². The van der Waals surface area contributed by atoms with E-state index in [1.165, 1.54) is 51.4 Å². The van der Waals surface area contributed by atoms with Gasteiger partial charge in [-0.1, -0.05) is 74.1 Å². The molecule has 5 fully saturated rings. The summed E-state index contributed by atoms with van der Waals surface area (Å²) in [4.78, 5) is 0. The SMILES string of the molecule is CCC1CCC(C2CCC(C)C3C(O)C4C(C)C5(C)C(O)C(C(C)O)C(C)CC5(C)CC4(C)CC23)CC1. The van der Waals surface area contributed by atoms with Gasteiger partial charge in [0.2, 0.25) is 0 Å². The minimum atomic E-state index is -0.531. The summed E-state index contributed by atoms with van der Waals surface area (Å²) in [7, 11) is 0. The monoisotopic (exact) mass is 516 g/mol. The summed E-state index contributed by atoms with van der Waals surface area (Å²) in [6.07, 6.45) is 11.8. The molecule has 214 valence electrons. The second-order valence-electron chi connectivity index (χ2n) is 16.3. The maximum atomic E-state index is 12.4. The molecular formula is C34H60O3. The number of aliphatic hydroxyl groups excluding tert-OH is 3. The third-order valence-electron chi connectivity index (χ3n) is 14.5. The first kappa shape index (κ1) is 28.4. The quantitative estimate of drug-likeness (QED) is 0.368. The van der Waals surface area contributed by atoms with E-state index in [1.54, 1.807) is 0 Å². The summed E-state index contributed by atoms with van der Waals surface area (Å²) < 4.78 is 0. The van der Waals surface area contributed by atoms with Gasteiger partial charge in [-0.3, -0.25) is 0 Å². The van der Waals surface area contributed by atoms with E-state index in [1.807, 2.05) is 6.92 Å². The van der Waals surface area contributed by atoms with E-state index < -0.39 is 12.2 Å². The van der Waals surface area contributed by atoms with Gasteiger partial charge in [0, 0.05) is 11.3 Å². The lowest BCUT2D eigenvalue weighted by Crippen LogP contribution is -2.70. The van der Waals surface area contributed by atoms with Gasteiger partial charge in [0.25, 0.3) is 0 Å². The summed E-state index contributed by atoms with van der Waals surface area (Å²) in [5, 5.41) is 35.0. The number of fused-ring (bicyclic) bond motifs is 3. The van der Waals surface area contributed by atoms with Gasteiger partial charge in [-0.05, 0) is 110 Å². The van der Waals surface area contributed by atoms with E-state index in [0.717, 1.165) is 30.6 Å². The average Bonchev–Trinajstić information content (AvgIpc) is 2.81. The topological polar surface area (TPSA) is 60.7 Å². The summed E-state index contributed by atoms with van der Waals surface area (Å²) in [5.74, 6) is 4.90. The Morgan fingerprint density at radius 2 is 1.49 bits per heavy atom. The second-order valence-corrected chi connectivity index (χ2v) is 16.3. The van der Waals surface area contributed by atoms with Gasteiger partial charge < -0.3 is 15.3 Å². The molecule has 0 radical (unpaired) electrons. The summed E-state index contributed by atoms with van der Waals surface area (Å²) >= 11 is 0. The van der Waals surface area contributed by atoms with Crippen LogP contribution in [0.3, 0.4) is 0 Å². The highest BCUT2D eigenvalue weighted by Crippen LogP contribution is 2.73. The van der Waals surface area contributed by atoms with Crippen molar-refractivity contribution in [2.24, 2.45) is 75.4 Å². The van der Waals surface area contributed by atoms with Crippen LogP contribution in [0.1, 0.15) is 120 Å². The van der Waals surface area contributed by atoms with Crippen molar-refractivity contribution in [3.63, 3.8) is 0 Å². The van der Waals surface area contributed by atoms with Gasteiger partial charge in [-0.25, -0.2) is 0 Å². The molecule has 0 saturated heterocycles. The van der Waals surface area contributed by atoms with Crippen LogP contribution in [0.4, 0.5) is 0 Å². The summed E-state index contributed by atoms with van der Waals surface area (Å²) in [6.45, 7) is 18.6. The van der Waals surface area contributed by atoms with Gasteiger partial charge in [0.05, 0.1) is 18.3 Å². The van der Waals surface area contributed by atoms with E-state index in [9.17, 15) is 15.3 Å². The fourth-order valence-electron chi connectivity index (χ4n) is 12.7. The summed E-state index contributed by atoms with van der Waals surface area (Å²) in [5.41, 5.74) is -0.167. The molecule has 5 aliphatic rings. The second kappa shape index (κ2) is 9.76. The predicted molar refractivity (Wildman–Crippen MR) is 152 cm³/mol. The maximum Gasteiger partial charge on any atom is 0.0656 e. The minimum Gasteiger partial charge on any atom is -0.393 e. The Kier molecular flexibility index (Phi) is 7.49. The third kappa shape index (κ3) is 4.13. The number of hydrogen-bond acceptors (Lipinski definition) is 3. The normalized spacial score (nSPS) is 59.1. The molecule has 0 heterocycles. The fourth-order valence-corrected chi connectivity index (χ4v) is 12.7. The molecular weight excluding hydrogens is 456 g/mol. The zero-order chi connectivity index (χ0) is 27.1. The zero-order valence-corrected chi connectivity index (χ0v) is 25.4. The first-order valence-electron chi connectivity index (χ1n) is 16.3. The molecule has 0 aliphatic heterocycles. The number of aliphatic hydroxyl groups is 3. The maximum absolute atomic E-state index is 12.4. The molecule has 0 spiro atoms. The van der Waals surface area contributed by atoms with Gasteiger partial charge in [0.15, 0.2) is 0 Å². The molecule has 0 aromatic rings. The molecule has 5 rings (SSSR count). The van der Waals surface area contributed by atoms with Crippen LogP contribution in [-0.2, 0) is 0 Å². The fraction of sp³-hybridized carbons (Fsp3) is 1.00. The average molecular weight is 517 g/mol. The van der Waals surface area contributed by atoms with Crippen LogP contribution in [0.15, 0.2) is 0 Å². The lowest BCUT2D eigenvalue weighted by atomic mass is 9.34. The van der Waals surface area contributed by atoms with Crippen molar-refractivity contribution >= 4 is 0 Å². The minimum absolute atomic E-state index is 0.0173. The molecule has 14 unspecified atom stereocenters. The molecule has 0 amide bonds. The van der Waals surface area contributed by atoms with E-state index in [-0.39, 0.29) is 40.1 Å². The van der Waals surface area contributed by atoms with Crippen LogP contribution in [0, 0.1) is 75.4 Å². The van der Waals surface area contributed by atoms with Crippen LogP contribution in [0.25, 0.3) is 0 Å². The standard InChI is InChI=1S/C34H60O3/c1-9-23-11-13-24(14-12-23)25-15-10-19(2)28-26(25)17-32(6)18-33(7)16-20(3)27(22(5)35)31(37)34(33,8)21(4)29(32)30(28)36/h19-31,35-37H,9-18H2,1-8H3. The Balaban J connectivity index is 1.49. The molecule has 3 N–H and O–H groups in total. The highest BCUT2D eigenvalue weighted by atomic mass is 16.3. The Morgan fingerprint density at radius 1 is 0.838 bits per heavy atom. The van der Waals surface area contributed by atoms with E-state index in [2.05, 4.69) is 48.5 Å². The van der Waals surface area contributed by atoms with Crippen molar-refractivity contribution in [3.8, 4) is 0 Å². The number of rotatable bonds is 3. The largest absolute Gasteiger partial charge is 0.393 e. The Bertz CT molecular complexity index is 818.